The second-order valence-corrected chi connectivity index (χ2v) is 2.63. The van der Waals surface area contributed by atoms with Crippen molar-refractivity contribution in [3.63, 3.8) is 0 Å². The lowest BCUT2D eigenvalue weighted by Crippen LogP contribution is -1.87. The highest BCUT2D eigenvalue weighted by molar-refractivity contribution is 4.81. The minimum atomic E-state index is 0.868. The predicted molar refractivity (Wildman–Crippen MR) is 43.5 cm³/mol. The summed E-state index contributed by atoms with van der Waals surface area (Å²) in [5, 5.41) is 0. The molecule has 0 aliphatic rings. The van der Waals surface area contributed by atoms with Gasteiger partial charge in [0.15, 0.2) is 0 Å². The lowest BCUT2D eigenvalue weighted by molar-refractivity contribution is 0.571. The summed E-state index contributed by atoms with van der Waals surface area (Å²) in [6.45, 7) is 6.71. The van der Waals surface area contributed by atoms with Gasteiger partial charge in [-0.15, -0.1) is 0 Å². The molecule has 54 valence electrons. The Labute approximate surface area is 59.0 Å². The van der Waals surface area contributed by atoms with E-state index < -0.39 is 0 Å². The molecule has 0 aliphatic carbocycles. The van der Waals surface area contributed by atoms with E-state index in [9.17, 15) is 0 Å². The maximum Gasteiger partial charge on any atom is -0.0325 e. The van der Waals surface area contributed by atoms with Crippen LogP contribution in [0.5, 0.6) is 0 Å². The fourth-order valence-corrected chi connectivity index (χ4v) is 0.662. The Balaban J connectivity index is 3.15. The number of rotatable bonds is 4. The van der Waals surface area contributed by atoms with Crippen molar-refractivity contribution in [2.75, 3.05) is 0 Å². The van der Waals surface area contributed by atoms with Crippen molar-refractivity contribution in [3.8, 4) is 0 Å². The van der Waals surface area contributed by atoms with Crippen molar-refractivity contribution >= 4 is 0 Å². The smallest absolute Gasteiger partial charge is 0.0325 e. The summed E-state index contributed by atoms with van der Waals surface area (Å²) in [4.78, 5) is 0. The van der Waals surface area contributed by atoms with E-state index in [1.807, 2.05) is 0 Å². The first-order valence-electron chi connectivity index (χ1n) is 3.96. The molecule has 0 nitrogen and oxygen atoms in total. The summed E-state index contributed by atoms with van der Waals surface area (Å²) in [5.41, 5.74) is 0. The van der Waals surface area contributed by atoms with E-state index >= 15 is 0 Å². The molecule has 0 fully saturated rings. The molecule has 1 atom stereocenters. The minimum Gasteiger partial charge on any atom is -0.0888 e. The van der Waals surface area contributed by atoms with Crippen molar-refractivity contribution in [3.05, 3.63) is 12.2 Å². The van der Waals surface area contributed by atoms with Gasteiger partial charge in [0.25, 0.3) is 0 Å². The maximum atomic E-state index is 2.29. The first kappa shape index (κ1) is 8.74. The van der Waals surface area contributed by atoms with Crippen LogP contribution in [-0.4, -0.2) is 0 Å². The minimum absolute atomic E-state index is 0.868. The molecule has 0 bridgehead atoms. The molecule has 0 radical (unpaired) electrons. The first-order chi connectivity index (χ1) is 4.31. The van der Waals surface area contributed by atoms with E-state index in [0.717, 1.165) is 5.92 Å². The summed E-state index contributed by atoms with van der Waals surface area (Å²) < 4.78 is 0. The van der Waals surface area contributed by atoms with Crippen LogP contribution in [0, 0.1) is 5.92 Å². The molecule has 0 N–H and O–H groups in total. The van der Waals surface area contributed by atoms with Crippen molar-refractivity contribution in [2.24, 2.45) is 5.92 Å². The lowest BCUT2D eigenvalue weighted by Gasteiger charge is -2.01. The molecular formula is C9H18. The highest BCUT2D eigenvalue weighted by Gasteiger charge is 1.91. The van der Waals surface area contributed by atoms with E-state index in [4.69, 9.17) is 0 Å². The highest BCUT2D eigenvalue weighted by atomic mass is 14.0. The molecular weight excluding hydrogens is 108 g/mol. The van der Waals surface area contributed by atoms with Gasteiger partial charge in [-0.1, -0.05) is 39.3 Å². The fraction of sp³-hybridized carbons (Fsp3) is 0.778. The molecule has 0 amide bonds. The third-order valence-corrected chi connectivity index (χ3v) is 1.64. The molecule has 0 aromatic carbocycles. The van der Waals surface area contributed by atoms with Gasteiger partial charge in [0, 0.05) is 0 Å². The summed E-state index contributed by atoms with van der Waals surface area (Å²) >= 11 is 0. The van der Waals surface area contributed by atoms with Crippen LogP contribution in [0.2, 0.25) is 0 Å². The maximum absolute atomic E-state index is 2.29. The van der Waals surface area contributed by atoms with Crippen LogP contribution < -0.4 is 0 Å². The van der Waals surface area contributed by atoms with Crippen molar-refractivity contribution in [1.82, 2.24) is 0 Å². The van der Waals surface area contributed by atoms with Gasteiger partial charge in [0.1, 0.15) is 0 Å². The predicted octanol–water partition coefficient (Wildman–Crippen LogP) is 3.39. The molecule has 0 heteroatoms. The van der Waals surface area contributed by atoms with Gasteiger partial charge < -0.3 is 0 Å². The van der Waals surface area contributed by atoms with Crippen LogP contribution in [0.1, 0.15) is 40.0 Å². The third kappa shape index (κ3) is 5.61. The zero-order valence-corrected chi connectivity index (χ0v) is 6.85. The van der Waals surface area contributed by atoms with Gasteiger partial charge >= 0.3 is 0 Å². The zero-order valence-electron chi connectivity index (χ0n) is 6.85. The molecule has 9 heavy (non-hydrogen) atoms. The molecule has 0 heterocycles. The van der Waals surface area contributed by atoms with E-state index in [0.29, 0.717) is 0 Å². The van der Waals surface area contributed by atoms with Crippen LogP contribution in [0.25, 0.3) is 0 Å². The van der Waals surface area contributed by atoms with Crippen molar-refractivity contribution in [1.29, 1.82) is 0 Å². The van der Waals surface area contributed by atoms with Gasteiger partial charge in [-0.05, 0) is 18.8 Å². The van der Waals surface area contributed by atoms with Gasteiger partial charge in [-0.2, -0.15) is 0 Å². The van der Waals surface area contributed by atoms with Crippen molar-refractivity contribution in [2.45, 2.75) is 40.0 Å². The Morgan fingerprint density at radius 3 is 2.33 bits per heavy atom. The van der Waals surface area contributed by atoms with Crippen LogP contribution in [0.3, 0.4) is 0 Å². The summed E-state index contributed by atoms with van der Waals surface area (Å²) in [7, 11) is 0. The average molecular weight is 126 g/mol. The molecule has 0 aliphatic heterocycles. The quantitative estimate of drug-likeness (QED) is 0.506. The van der Waals surface area contributed by atoms with Crippen molar-refractivity contribution < 1.29 is 0 Å². The molecule has 0 saturated heterocycles. The monoisotopic (exact) mass is 126 g/mol. The van der Waals surface area contributed by atoms with Crippen LogP contribution in [0.4, 0.5) is 0 Å². The molecule has 0 rings (SSSR count). The summed E-state index contributed by atoms with van der Waals surface area (Å²) in [5.74, 6) is 0.868. The Morgan fingerprint density at radius 1 is 1.22 bits per heavy atom. The zero-order chi connectivity index (χ0) is 7.11. The number of hydrogen-bond acceptors (Lipinski definition) is 0. The van der Waals surface area contributed by atoms with Crippen LogP contribution in [0.15, 0.2) is 12.2 Å². The molecule has 0 unspecified atom stereocenters. The number of allylic oxidation sites excluding steroid dienone is 2. The Morgan fingerprint density at radius 2 is 1.89 bits per heavy atom. The Bertz CT molecular complexity index is 72.1. The topological polar surface area (TPSA) is 0 Å². The normalized spacial score (nSPS) is 14.6. The first-order valence-corrected chi connectivity index (χ1v) is 3.96. The Kier molecular flexibility index (Phi) is 5.70. The third-order valence-electron chi connectivity index (χ3n) is 1.64. The van der Waals surface area contributed by atoms with Crippen LogP contribution >= 0.6 is 0 Å². The van der Waals surface area contributed by atoms with Gasteiger partial charge in [0.05, 0.1) is 0 Å². The van der Waals surface area contributed by atoms with E-state index in [-0.39, 0.29) is 0 Å². The molecule has 0 saturated carbocycles. The SMILES string of the molecule is CCC=CC[C@@H](C)CC. The average Bonchev–Trinajstić information content (AvgIpc) is 1.89. The van der Waals surface area contributed by atoms with E-state index in [1.54, 1.807) is 0 Å². The second-order valence-electron chi connectivity index (χ2n) is 2.63. The molecule has 0 aromatic rings. The fourth-order valence-electron chi connectivity index (χ4n) is 0.662. The summed E-state index contributed by atoms with van der Waals surface area (Å²) in [6, 6.07) is 0. The summed E-state index contributed by atoms with van der Waals surface area (Å²) in [6.07, 6.45) is 8.26. The lowest BCUT2D eigenvalue weighted by atomic mass is 10.1. The largest absolute Gasteiger partial charge is 0.0888 e. The molecule has 0 aromatic heterocycles. The number of hydrogen-bond donors (Lipinski definition) is 0. The van der Waals surface area contributed by atoms with Crippen LogP contribution in [-0.2, 0) is 0 Å². The second kappa shape index (κ2) is 5.87. The van der Waals surface area contributed by atoms with Gasteiger partial charge in [-0.3, -0.25) is 0 Å². The van der Waals surface area contributed by atoms with Gasteiger partial charge in [-0.25, -0.2) is 0 Å². The molecule has 0 spiro atoms. The standard InChI is InChI=1S/C9H18/c1-4-6-7-8-9(3)5-2/h6-7,9H,4-5,8H2,1-3H3/t9-/m0/s1. The van der Waals surface area contributed by atoms with Gasteiger partial charge in [0.2, 0.25) is 0 Å². The van der Waals surface area contributed by atoms with E-state index in [1.165, 1.54) is 19.3 Å². The van der Waals surface area contributed by atoms with E-state index in [2.05, 4.69) is 32.9 Å². The highest BCUT2D eigenvalue weighted by Crippen LogP contribution is 2.06. The Hall–Kier alpha value is -0.260.